The zero-order chi connectivity index (χ0) is 21.4. The van der Waals surface area contributed by atoms with Crippen molar-refractivity contribution in [2.24, 2.45) is 0 Å². The molecule has 30 heavy (non-hydrogen) atoms. The van der Waals surface area contributed by atoms with E-state index < -0.39 is 0 Å². The summed E-state index contributed by atoms with van der Waals surface area (Å²) in [6, 6.07) is 0. The predicted molar refractivity (Wildman–Crippen MR) is 111 cm³/mol. The normalized spacial score (nSPS) is 11.3. The Morgan fingerprint density at radius 3 is 2.70 bits per heavy atom. The summed E-state index contributed by atoms with van der Waals surface area (Å²) >= 11 is 6.34. The van der Waals surface area contributed by atoms with Gasteiger partial charge in [0.25, 0.3) is 0 Å². The Morgan fingerprint density at radius 2 is 2.00 bits per heavy atom. The van der Waals surface area contributed by atoms with Gasteiger partial charge in [-0.25, -0.2) is 9.78 Å². The van der Waals surface area contributed by atoms with Gasteiger partial charge in [0, 0.05) is 23.9 Å². The first-order valence-corrected chi connectivity index (χ1v) is 9.52. The van der Waals surface area contributed by atoms with E-state index in [-0.39, 0.29) is 23.3 Å². The average Bonchev–Trinajstić information content (AvgIpc) is 3.30. The van der Waals surface area contributed by atoms with E-state index in [9.17, 15) is 4.79 Å². The molecule has 11 nitrogen and oxygen atoms in total. The van der Waals surface area contributed by atoms with Gasteiger partial charge in [-0.2, -0.15) is 15.1 Å². The molecule has 0 aliphatic rings. The summed E-state index contributed by atoms with van der Waals surface area (Å²) in [5.74, 6) is 0.719. The summed E-state index contributed by atoms with van der Waals surface area (Å²) in [5.41, 5.74) is 8.70. The van der Waals surface area contributed by atoms with E-state index in [0.717, 1.165) is 16.9 Å². The number of pyridine rings is 1. The topological polar surface area (TPSA) is 132 Å². The molecule has 0 aromatic carbocycles. The van der Waals surface area contributed by atoms with Crippen molar-refractivity contribution in [3.8, 4) is 5.75 Å². The van der Waals surface area contributed by atoms with E-state index in [1.807, 2.05) is 13.8 Å². The van der Waals surface area contributed by atoms with E-state index in [1.165, 1.54) is 15.5 Å². The number of aryl methyl sites for hydroxylation is 3. The Balaban J connectivity index is 1.84. The second kappa shape index (κ2) is 7.75. The van der Waals surface area contributed by atoms with Crippen LogP contribution in [0.5, 0.6) is 5.75 Å². The van der Waals surface area contributed by atoms with Crippen molar-refractivity contribution in [2.45, 2.75) is 33.5 Å². The third-order valence-corrected chi connectivity index (χ3v) is 5.17. The molecule has 12 heteroatoms. The Labute approximate surface area is 176 Å². The van der Waals surface area contributed by atoms with Crippen molar-refractivity contribution in [2.75, 3.05) is 12.8 Å². The SMILES string of the molecule is COc1c(C)cnc(Cn2c(=O)n(CCn3cncn3)c3c(Cl)nc(N)nc32)c1C. The summed E-state index contributed by atoms with van der Waals surface area (Å²) in [4.78, 5) is 30.0. The van der Waals surface area contributed by atoms with Gasteiger partial charge in [-0.15, -0.1) is 0 Å². The monoisotopic (exact) mass is 429 g/mol. The average molecular weight is 430 g/mol. The molecule has 4 rings (SSSR count). The summed E-state index contributed by atoms with van der Waals surface area (Å²) < 4.78 is 10.1. The van der Waals surface area contributed by atoms with Crippen LogP contribution >= 0.6 is 11.6 Å². The number of anilines is 1. The number of nitrogens with zero attached hydrogens (tertiary/aromatic N) is 8. The Hall–Kier alpha value is -3.47. The Morgan fingerprint density at radius 1 is 1.20 bits per heavy atom. The van der Waals surface area contributed by atoms with Crippen molar-refractivity contribution in [1.29, 1.82) is 0 Å². The van der Waals surface area contributed by atoms with Crippen molar-refractivity contribution in [3.05, 3.63) is 51.3 Å². The molecule has 156 valence electrons. The van der Waals surface area contributed by atoms with Gasteiger partial charge in [-0.05, 0) is 13.8 Å². The van der Waals surface area contributed by atoms with E-state index in [0.29, 0.717) is 29.9 Å². The smallest absolute Gasteiger partial charge is 0.330 e. The van der Waals surface area contributed by atoms with Gasteiger partial charge in [0.2, 0.25) is 5.95 Å². The van der Waals surface area contributed by atoms with Crippen molar-refractivity contribution >= 4 is 28.7 Å². The quantitative estimate of drug-likeness (QED) is 0.452. The molecule has 0 saturated heterocycles. The van der Waals surface area contributed by atoms with Crippen LogP contribution in [0.4, 0.5) is 5.95 Å². The minimum atomic E-state index is -0.298. The summed E-state index contributed by atoms with van der Waals surface area (Å²) in [5, 5.41) is 4.18. The second-order valence-corrected chi connectivity index (χ2v) is 7.13. The third-order valence-electron chi connectivity index (χ3n) is 4.90. The molecular formula is C18H20ClN9O2. The molecule has 4 aromatic rings. The lowest BCUT2D eigenvalue weighted by Gasteiger charge is -2.12. The van der Waals surface area contributed by atoms with Gasteiger partial charge in [-0.3, -0.25) is 18.8 Å². The van der Waals surface area contributed by atoms with Gasteiger partial charge in [0.05, 0.1) is 25.9 Å². The van der Waals surface area contributed by atoms with Gasteiger partial charge in [-0.1, -0.05) is 11.6 Å². The van der Waals surface area contributed by atoms with Crippen LogP contribution in [0.3, 0.4) is 0 Å². The number of aromatic nitrogens is 8. The summed E-state index contributed by atoms with van der Waals surface area (Å²) in [7, 11) is 1.61. The van der Waals surface area contributed by atoms with E-state index >= 15 is 0 Å². The number of ether oxygens (including phenoxy) is 1. The maximum Gasteiger partial charge on any atom is 0.330 e. The molecular weight excluding hydrogens is 410 g/mol. The first kappa shape index (κ1) is 19.8. The van der Waals surface area contributed by atoms with E-state index in [1.54, 1.807) is 24.3 Å². The third kappa shape index (κ3) is 3.36. The number of imidazole rings is 1. The number of methoxy groups -OCH3 is 1. The summed E-state index contributed by atoms with van der Waals surface area (Å²) in [6.07, 6.45) is 4.72. The lowest BCUT2D eigenvalue weighted by Crippen LogP contribution is -2.27. The lowest BCUT2D eigenvalue weighted by atomic mass is 10.1. The molecule has 0 aliphatic heterocycles. The fourth-order valence-electron chi connectivity index (χ4n) is 3.47. The Bertz CT molecular complexity index is 1280. The molecule has 0 amide bonds. The second-order valence-electron chi connectivity index (χ2n) is 6.77. The van der Waals surface area contributed by atoms with Crippen LogP contribution in [-0.2, 0) is 19.6 Å². The number of nitrogens with two attached hydrogens (primary N) is 1. The number of rotatable bonds is 6. The largest absolute Gasteiger partial charge is 0.496 e. The van der Waals surface area contributed by atoms with Crippen LogP contribution in [0.1, 0.15) is 16.8 Å². The van der Waals surface area contributed by atoms with Crippen LogP contribution in [0, 0.1) is 13.8 Å². The van der Waals surface area contributed by atoms with Crippen molar-refractivity contribution in [1.82, 2.24) is 38.9 Å². The molecule has 4 aromatic heterocycles. The molecule has 4 heterocycles. The van der Waals surface area contributed by atoms with Gasteiger partial charge in [0.15, 0.2) is 10.8 Å². The van der Waals surface area contributed by atoms with Gasteiger partial charge < -0.3 is 10.5 Å². The molecule has 0 saturated carbocycles. The van der Waals surface area contributed by atoms with Gasteiger partial charge in [0.1, 0.15) is 23.9 Å². The maximum absolute atomic E-state index is 13.3. The maximum atomic E-state index is 13.3. The van der Waals surface area contributed by atoms with Crippen molar-refractivity contribution in [3.63, 3.8) is 0 Å². The molecule has 2 N–H and O–H groups in total. The Kier molecular flexibility index (Phi) is 5.12. The van der Waals surface area contributed by atoms with Crippen LogP contribution in [0.15, 0.2) is 23.6 Å². The molecule has 0 radical (unpaired) electrons. The fraction of sp³-hybridized carbons (Fsp3) is 0.333. The number of fused-ring (bicyclic) bond motifs is 1. The van der Waals surface area contributed by atoms with Crippen molar-refractivity contribution < 1.29 is 4.74 Å². The van der Waals surface area contributed by atoms with Crippen LogP contribution in [-0.4, -0.2) is 46.0 Å². The van der Waals surface area contributed by atoms with E-state index in [2.05, 4.69) is 25.0 Å². The number of hydrogen-bond donors (Lipinski definition) is 1. The lowest BCUT2D eigenvalue weighted by molar-refractivity contribution is 0.406. The zero-order valence-electron chi connectivity index (χ0n) is 16.7. The number of hydrogen-bond acceptors (Lipinski definition) is 8. The first-order chi connectivity index (χ1) is 14.4. The highest BCUT2D eigenvalue weighted by Crippen LogP contribution is 2.26. The number of halogens is 1. The molecule has 0 atom stereocenters. The molecule has 0 spiro atoms. The molecule has 0 aliphatic carbocycles. The van der Waals surface area contributed by atoms with Gasteiger partial charge >= 0.3 is 5.69 Å². The van der Waals surface area contributed by atoms with Crippen LogP contribution in [0.25, 0.3) is 11.2 Å². The molecule has 0 fully saturated rings. The standard InChI is InChI=1S/C18H20ClN9O2/c1-10-6-22-12(11(2)14(10)30-3)7-28-16-13(15(19)24-17(20)25-16)27(18(28)29)5-4-26-9-21-8-23-26/h6,8-9H,4-5,7H2,1-3H3,(H2,20,24,25). The highest BCUT2D eigenvalue weighted by Gasteiger charge is 2.21. The van der Waals surface area contributed by atoms with Crippen LogP contribution in [0.2, 0.25) is 5.15 Å². The highest BCUT2D eigenvalue weighted by molar-refractivity contribution is 6.33. The van der Waals surface area contributed by atoms with Crippen LogP contribution < -0.4 is 16.2 Å². The number of nitrogen functional groups attached to an aromatic ring is 1. The predicted octanol–water partition coefficient (Wildman–Crippen LogP) is 1.19. The molecule has 0 unspecified atom stereocenters. The fourth-order valence-corrected chi connectivity index (χ4v) is 3.74. The summed E-state index contributed by atoms with van der Waals surface area (Å²) in [6.45, 7) is 4.73. The first-order valence-electron chi connectivity index (χ1n) is 9.14. The highest BCUT2D eigenvalue weighted by atomic mass is 35.5. The molecule has 0 bridgehead atoms. The minimum Gasteiger partial charge on any atom is -0.496 e. The minimum absolute atomic E-state index is 0.0131. The zero-order valence-corrected chi connectivity index (χ0v) is 17.5. The van der Waals surface area contributed by atoms with E-state index in [4.69, 9.17) is 22.1 Å².